The Morgan fingerprint density at radius 2 is 2.10 bits per heavy atom. The molecule has 4 atom stereocenters. The van der Waals surface area contributed by atoms with Gasteiger partial charge in [0.15, 0.2) is 0 Å². The molecule has 2 aliphatic rings. The zero-order chi connectivity index (χ0) is 13.9. The third-order valence-electron chi connectivity index (χ3n) is 4.67. The van der Waals surface area contributed by atoms with E-state index >= 15 is 0 Å². The molecule has 0 bridgehead atoms. The van der Waals surface area contributed by atoms with Crippen molar-refractivity contribution in [2.75, 3.05) is 6.54 Å². The van der Waals surface area contributed by atoms with Crippen LogP contribution >= 0.6 is 0 Å². The second-order valence-corrected chi connectivity index (χ2v) is 6.04. The molecule has 1 aliphatic heterocycles. The smallest absolute Gasteiger partial charge is 0.223 e. The molecule has 1 amide bonds. The number of carbonyl (C=O) groups is 1. The van der Waals surface area contributed by atoms with Gasteiger partial charge < -0.3 is 5.32 Å². The number of hydrazine groups is 1. The molecule has 108 valence electrons. The van der Waals surface area contributed by atoms with Gasteiger partial charge in [-0.05, 0) is 37.7 Å². The highest BCUT2D eigenvalue weighted by Crippen LogP contribution is 2.31. The fourth-order valence-corrected chi connectivity index (χ4v) is 3.37. The zero-order valence-electron chi connectivity index (χ0n) is 11.9. The molecule has 1 saturated heterocycles. The van der Waals surface area contributed by atoms with Crippen LogP contribution in [-0.4, -0.2) is 18.5 Å². The van der Waals surface area contributed by atoms with E-state index in [9.17, 15) is 4.79 Å². The number of nitrogens with one attached hydrogen (secondary N) is 3. The minimum Gasteiger partial charge on any atom is -0.349 e. The predicted molar refractivity (Wildman–Crippen MR) is 78.8 cm³/mol. The van der Waals surface area contributed by atoms with Crippen molar-refractivity contribution in [2.45, 2.75) is 38.3 Å². The Hall–Kier alpha value is -1.39. The summed E-state index contributed by atoms with van der Waals surface area (Å²) in [6, 6.07) is 10.7. The lowest BCUT2D eigenvalue weighted by molar-refractivity contribution is -0.127. The molecule has 0 aromatic heterocycles. The van der Waals surface area contributed by atoms with E-state index in [0.717, 1.165) is 31.4 Å². The number of hydrogen-bond donors (Lipinski definition) is 3. The first-order chi connectivity index (χ1) is 9.74. The van der Waals surface area contributed by atoms with Gasteiger partial charge in [-0.1, -0.05) is 30.3 Å². The van der Waals surface area contributed by atoms with Crippen LogP contribution in [0.15, 0.2) is 30.3 Å². The maximum atomic E-state index is 12.4. The van der Waals surface area contributed by atoms with Gasteiger partial charge in [0, 0.05) is 18.5 Å². The molecule has 3 rings (SSSR count). The van der Waals surface area contributed by atoms with E-state index in [2.05, 4.69) is 28.3 Å². The van der Waals surface area contributed by atoms with Gasteiger partial charge in [0.25, 0.3) is 0 Å². The molecule has 1 aromatic carbocycles. The molecule has 4 unspecified atom stereocenters. The summed E-state index contributed by atoms with van der Waals surface area (Å²) in [5.41, 5.74) is 7.67. The molecular weight excluding hydrogens is 250 g/mol. The lowest BCUT2D eigenvalue weighted by Gasteiger charge is -2.30. The minimum atomic E-state index is 0.0797. The monoisotopic (exact) mass is 273 g/mol. The van der Waals surface area contributed by atoms with Gasteiger partial charge >= 0.3 is 0 Å². The topological polar surface area (TPSA) is 53.2 Å². The molecule has 1 heterocycles. The van der Waals surface area contributed by atoms with E-state index in [1.165, 1.54) is 0 Å². The van der Waals surface area contributed by atoms with Gasteiger partial charge in [0.05, 0.1) is 6.04 Å². The number of benzene rings is 1. The van der Waals surface area contributed by atoms with Gasteiger partial charge in [-0.25, -0.2) is 0 Å². The van der Waals surface area contributed by atoms with Crippen LogP contribution in [-0.2, 0) is 4.79 Å². The van der Waals surface area contributed by atoms with Gasteiger partial charge in [0.2, 0.25) is 5.91 Å². The number of fused-ring (bicyclic) bond motifs is 1. The van der Waals surface area contributed by atoms with Crippen molar-refractivity contribution < 1.29 is 4.79 Å². The van der Waals surface area contributed by atoms with Gasteiger partial charge in [-0.15, -0.1) is 0 Å². The van der Waals surface area contributed by atoms with Crippen LogP contribution in [0.1, 0.15) is 37.8 Å². The van der Waals surface area contributed by atoms with E-state index in [1.54, 1.807) is 0 Å². The van der Waals surface area contributed by atoms with E-state index in [4.69, 9.17) is 0 Å². The van der Waals surface area contributed by atoms with Crippen molar-refractivity contribution in [1.29, 1.82) is 0 Å². The normalized spacial score (nSPS) is 30.6. The molecule has 0 spiro atoms. The van der Waals surface area contributed by atoms with Crippen molar-refractivity contribution in [3.05, 3.63) is 35.9 Å². The number of hydrogen-bond acceptors (Lipinski definition) is 3. The summed E-state index contributed by atoms with van der Waals surface area (Å²) >= 11 is 0. The Kier molecular flexibility index (Phi) is 4.03. The van der Waals surface area contributed by atoms with Crippen LogP contribution in [0.25, 0.3) is 0 Å². The lowest BCUT2D eigenvalue weighted by atomic mass is 9.79. The zero-order valence-corrected chi connectivity index (χ0v) is 11.9. The molecule has 0 radical (unpaired) electrons. The molecule has 4 nitrogen and oxygen atoms in total. The maximum Gasteiger partial charge on any atom is 0.223 e. The van der Waals surface area contributed by atoms with Gasteiger partial charge in [0.1, 0.15) is 0 Å². The third kappa shape index (κ3) is 2.86. The van der Waals surface area contributed by atoms with Gasteiger partial charge in [-0.3, -0.25) is 15.6 Å². The second kappa shape index (κ2) is 5.94. The number of carbonyl (C=O) groups excluding carboxylic acids is 1. The van der Waals surface area contributed by atoms with E-state index in [1.807, 2.05) is 25.1 Å². The SMILES string of the molecule is CC(NC(=O)C1CCC2CNNC2C1)c1ccccc1. The van der Waals surface area contributed by atoms with E-state index in [0.29, 0.717) is 12.0 Å². The molecule has 1 aromatic rings. The summed E-state index contributed by atoms with van der Waals surface area (Å²) in [6.45, 7) is 3.09. The highest BCUT2D eigenvalue weighted by Gasteiger charge is 2.36. The Labute approximate surface area is 120 Å². The van der Waals surface area contributed by atoms with Crippen LogP contribution in [0.4, 0.5) is 0 Å². The van der Waals surface area contributed by atoms with Crippen LogP contribution in [0.2, 0.25) is 0 Å². The molecule has 2 fully saturated rings. The van der Waals surface area contributed by atoms with Crippen molar-refractivity contribution >= 4 is 5.91 Å². The summed E-state index contributed by atoms with van der Waals surface area (Å²) in [4.78, 5) is 12.4. The first-order valence-corrected chi connectivity index (χ1v) is 7.57. The summed E-state index contributed by atoms with van der Waals surface area (Å²) in [5, 5.41) is 3.16. The third-order valence-corrected chi connectivity index (χ3v) is 4.67. The summed E-state index contributed by atoms with van der Waals surface area (Å²) in [5.74, 6) is 1.05. The Bertz CT molecular complexity index is 462. The van der Waals surface area contributed by atoms with Crippen molar-refractivity contribution in [1.82, 2.24) is 16.2 Å². The minimum absolute atomic E-state index is 0.0797. The average molecular weight is 273 g/mol. The Balaban J connectivity index is 1.56. The van der Waals surface area contributed by atoms with Crippen molar-refractivity contribution in [3.8, 4) is 0 Å². The quantitative estimate of drug-likeness (QED) is 0.786. The Morgan fingerprint density at radius 3 is 2.90 bits per heavy atom. The first kappa shape index (κ1) is 13.6. The number of rotatable bonds is 3. The number of amides is 1. The lowest BCUT2D eigenvalue weighted by Crippen LogP contribution is -2.42. The average Bonchev–Trinajstić information content (AvgIpc) is 2.95. The van der Waals surface area contributed by atoms with Crippen molar-refractivity contribution in [2.24, 2.45) is 11.8 Å². The Morgan fingerprint density at radius 1 is 1.30 bits per heavy atom. The highest BCUT2D eigenvalue weighted by molar-refractivity contribution is 5.79. The summed E-state index contributed by atoms with van der Waals surface area (Å²) < 4.78 is 0. The van der Waals surface area contributed by atoms with Crippen LogP contribution in [0.3, 0.4) is 0 Å². The van der Waals surface area contributed by atoms with Crippen molar-refractivity contribution in [3.63, 3.8) is 0 Å². The van der Waals surface area contributed by atoms with Crippen LogP contribution in [0.5, 0.6) is 0 Å². The molecule has 1 saturated carbocycles. The second-order valence-electron chi connectivity index (χ2n) is 6.04. The van der Waals surface area contributed by atoms with Crippen LogP contribution < -0.4 is 16.2 Å². The molecule has 1 aliphatic carbocycles. The first-order valence-electron chi connectivity index (χ1n) is 7.57. The maximum absolute atomic E-state index is 12.4. The van der Waals surface area contributed by atoms with E-state index in [-0.39, 0.29) is 17.9 Å². The molecule has 3 N–H and O–H groups in total. The largest absolute Gasteiger partial charge is 0.349 e. The fourth-order valence-electron chi connectivity index (χ4n) is 3.37. The molecule has 4 heteroatoms. The predicted octanol–water partition coefficient (Wildman–Crippen LogP) is 1.76. The highest BCUT2D eigenvalue weighted by atomic mass is 16.1. The van der Waals surface area contributed by atoms with Gasteiger partial charge in [-0.2, -0.15) is 0 Å². The fraction of sp³-hybridized carbons (Fsp3) is 0.562. The van der Waals surface area contributed by atoms with Crippen LogP contribution in [0, 0.1) is 11.8 Å². The van der Waals surface area contributed by atoms with E-state index < -0.39 is 0 Å². The summed E-state index contributed by atoms with van der Waals surface area (Å²) in [7, 11) is 0. The molecular formula is C16H23N3O. The standard InChI is InChI=1S/C16H23N3O/c1-11(12-5-3-2-4-6-12)18-16(20)13-7-8-14-10-17-19-15(14)9-13/h2-6,11,13-15,17,19H,7-10H2,1H3,(H,18,20). The summed E-state index contributed by atoms with van der Waals surface area (Å²) in [6.07, 6.45) is 3.10. The molecule has 20 heavy (non-hydrogen) atoms.